The third kappa shape index (κ3) is 2.60. The third-order valence-corrected chi connectivity index (χ3v) is 4.90. The average Bonchev–Trinajstić information content (AvgIpc) is 2.89. The number of halogens is 2. The number of nitrogens with zero attached hydrogens (tertiary/aromatic N) is 1. The van der Waals surface area contributed by atoms with Gasteiger partial charge in [0.25, 0.3) is 0 Å². The van der Waals surface area contributed by atoms with Crippen LogP contribution >= 0.6 is 11.3 Å². The highest BCUT2D eigenvalue weighted by Crippen LogP contribution is 2.37. The molecule has 1 heterocycles. The van der Waals surface area contributed by atoms with Crippen LogP contribution in [0.15, 0.2) is 23.6 Å². The Morgan fingerprint density at radius 2 is 1.70 bits per heavy atom. The van der Waals surface area contributed by atoms with E-state index in [9.17, 15) is 8.78 Å². The fourth-order valence-corrected chi connectivity index (χ4v) is 3.74. The highest BCUT2D eigenvalue weighted by molar-refractivity contribution is 7.10. The molecule has 1 aromatic carbocycles. The molecule has 0 saturated heterocycles. The Hall–Kier alpha value is -1.33. The maximum atomic E-state index is 13.3. The summed E-state index contributed by atoms with van der Waals surface area (Å²) in [6.45, 7) is 0. The Balaban J connectivity index is 1.93. The van der Waals surface area contributed by atoms with Gasteiger partial charge in [-0.1, -0.05) is 19.3 Å². The first-order valence-electron chi connectivity index (χ1n) is 6.78. The molecule has 1 aliphatic carbocycles. The Kier molecular flexibility index (Phi) is 3.56. The maximum absolute atomic E-state index is 13.3. The topological polar surface area (TPSA) is 38.9 Å². The smallest absolute Gasteiger partial charge is 0.126 e. The molecule has 2 N–H and O–H groups in total. The van der Waals surface area contributed by atoms with Gasteiger partial charge in [0.05, 0.1) is 11.2 Å². The van der Waals surface area contributed by atoms with Crippen LogP contribution in [0.2, 0.25) is 0 Å². The molecule has 1 fully saturated rings. The van der Waals surface area contributed by atoms with Gasteiger partial charge in [-0.15, -0.1) is 11.3 Å². The lowest BCUT2D eigenvalue weighted by molar-refractivity contribution is 0.301. The van der Waals surface area contributed by atoms with E-state index in [0.29, 0.717) is 11.3 Å². The molecule has 1 aliphatic rings. The van der Waals surface area contributed by atoms with Crippen LogP contribution in [0.25, 0.3) is 11.3 Å². The lowest BCUT2D eigenvalue weighted by Crippen LogP contribution is -2.38. The van der Waals surface area contributed by atoms with Gasteiger partial charge < -0.3 is 5.73 Å². The van der Waals surface area contributed by atoms with E-state index >= 15 is 0 Å². The van der Waals surface area contributed by atoms with Gasteiger partial charge in [0, 0.05) is 17.0 Å². The summed E-state index contributed by atoms with van der Waals surface area (Å²) in [7, 11) is 0. The fraction of sp³-hybridized carbons (Fsp3) is 0.400. The van der Waals surface area contributed by atoms with Gasteiger partial charge in [-0.05, 0) is 25.0 Å². The highest BCUT2D eigenvalue weighted by atomic mass is 32.1. The zero-order chi connectivity index (χ0) is 14.2. The van der Waals surface area contributed by atoms with Crippen LogP contribution in [0.1, 0.15) is 37.1 Å². The van der Waals surface area contributed by atoms with Crippen molar-refractivity contribution in [3.05, 3.63) is 40.2 Å². The normalized spacial score (nSPS) is 18.1. The number of hydrogen-bond acceptors (Lipinski definition) is 3. The average molecular weight is 294 g/mol. The first-order valence-corrected chi connectivity index (χ1v) is 7.66. The minimum absolute atomic E-state index is 0.368. The number of rotatable bonds is 2. The van der Waals surface area contributed by atoms with Crippen LogP contribution in [-0.2, 0) is 5.54 Å². The lowest BCUT2D eigenvalue weighted by atomic mass is 9.83. The standard InChI is InChI=1S/C15H16F2N2S/c16-11-6-10(7-12(17)8-11)13-9-20-14(19-13)15(18)4-2-1-3-5-15/h6-9H,1-5,18H2. The summed E-state index contributed by atoms with van der Waals surface area (Å²) in [6, 6.07) is 3.46. The molecule has 0 bridgehead atoms. The van der Waals surface area contributed by atoms with Crippen molar-refractivity contribution in [2.24, 2.45) is 5.73 Å². The Morgan fingerprint density at radius 3 is 2.35 bits per heavy atom. The van der Waals surface area contributed by atoms with E-state index in [-0.39, 0.29) is 5.54 Å². The summed E-state index contributed by atoms with van der Waals surface area (Å²) in [5, 5.41) is 2.70. The molecule has 106 valence electrons. The number of benzene rings is 1. The fourth-order valence-electron chi connectivity index (χ4n) is 2.73. The SMILES string of the molecule is NC1(c2nc(-c3cc(F)cc(F)c3)cs2)CCCCC1. The van der Waals surface area contributed by atoms with Crippen molar-refractivity contribution in [1.82, 2.24) is 4.98 Å². The monoisotopic (exact) mass is 294 g/mol. The van der Waals surface area contributed by atoms with Crippen LogP contribution in [0.4, 0.5) is 8.78 Å². The summed E-state index contributed by atoms with van der Waals surface area (Å²) in [4.78, 5) is 4.52. The first kappa shape index (κ1) is 13.6. The quantitative estimate of drug-likeness (QED) is 0.901. The predicted molar refractivity (Wildman–Crippen MR) is 76.4 cm³/mol. The van der Waals surface area contributed by atoms with Gasteiger partial charge in [-0.25, -0.2) is 13.8 Å². The van der Waals surface area contributed by atoms with Crippen LogP contribution in [0.5, 0.6) is 0 Å². The number of hydrogen-bond donors (Lipinski definition) is 1. The molecule has 0 spiro atoms. The van der Waals surface area contributed by atoms with Gasteiger partial charge in [-0.3, -0.25) is 0 Å². The summed E-state index contributed by atoms with van der Waals surface area (Å²) in [5.41, 5.74) is 7.12. The Bertz CT molecular complexity index is 598. The Labute approximate surface area is 120 Å². The molecule has 2 nitrogen and oxygen atoms in total. The van der Waals surface area contributed by atoms with Crippen molar-refractivity contribution >= 4 is 11.3 Å². The molecule has 3 rings (SSSR count). The number of thiazole rings is 1. The second-order valence-electron chi connectivity index (χ2n) is 5.41. The summed E-state index contributed by atoms with van der Waals surface area (Å²) < 4.78 is 26.5. The molecule has 20 heavy (non-hydrogen) atoms. The van der Waals surface area contributed by atoms with E-state index in [2.05, 4.69) is 4.98 Å². The van der Waals surface area contributed by atoms with Crippen LogP contribution in [0, 0.1) is 11.6 Å². The second kappa shape index (κ2) is 5.22. The van der Waals surface area contributed by atoms with Gasteiger partial charge >= 0.3 is 0 Å². The van der Waals surface area contributed by atoms with E-state index in [0.717, 1.165) is 36.8 Å². The minimum Gasteiger partial charge on any atom is -0.319 e. The molecule has 2 aromatic rings. The number of aromatic nitrogens is 1. The minimum atomic E-state index is -0.588. The molecular weight excluding hydrogens is 278 g/mol. The van der Waals surface area contributed by atoms with E-state index < -0.39 is 11.6 Å². The molecule has 5 heteroatoms. The van der Waals surface area contributed by atoms with Crippen LogP contribution in [0.3, 0.4) is 0 Å². The lowest BCUT2D eigenvalue weighted by Gasteiger charge is -2.31. The van der Waals surface area contributed by atoms with Gasteiger partial charge in [0.1, 0.15) is 16.6 Å². The molecule has 0 aliphatic heterocycles. The van der Waals surface area contributed by atoms with Crippen LogP contribution < -0.4 is 5.73 Å². The van der Waals surface area contributed by atoms with Crippen molar-refractivity contribution in [1.29, 1.82) is 0 Å². The molecule has 1 aromatic heterocycles. The van der Waals surface area contributed by atoms with E-state index in [1.807, 2.05) is 5.38 Å². The Morgan fingerprint density at radius 1 is 1.05 bits per heavy atom. The zero-order valence-electron chi connectivity index (χ0n) is 11.0. The van der Waals surface area contributed by atoms with Crippen LogP contribution in [-0.4, -0.2) is 4.98 Å². The number of nitrogens with two attached hydrogens (primary N) is 1. The summed E-state index contributed by atoms with van der Waals surface area (Å²) >= 11 is 1.48. The molecule has 1 saturated carbocycles. The molecule has 0 unspecified atom stereocenters. The summed E-state index contributed by atoms with van der Waals surface area (Å²) in [5.74, 6) is -1.18. The van der Waals surface area contributed by atoms with Gasteiger partial charge in [0.15, 0.2) is 0 Å². The van der Waals surface area contributed by atoms with Crippen molar-refractivity contribution < 1.29 is 8.78 Å². The first-order chi connectivity index (χ1) is 9.57. The van der Waals surface area contributed by atoms with Crippen molar-refractivity contribution in [2.45, 2.75) is 37.6 Å². The maximum Gasteiger partial charge on any atom is 0.126 e. The van der Waals surface area contributed by atoms with Gasteiger partial charge in [0.2, 0.25) is 0 Å². The second-order valence-corrected chi connectivity index (χ2v) is 6.27. The van der Waals surface area contributed by atoms with E-state index in [1.165, 1.54) is 29.9 Å². The van der Waals surface area contributed by atoms with E-state index in [1.54, 1.807) is 0 Å². The van der Waals surface area contributed by atoms with Gasteiger partial charge in [-0.2, -0.15) is 0 Å². The largest absolute Gasteiger partial charge is 0.319 e. The van der Waals surface area contributed by atoms with Crippen molar-refractivity contribution in [3.63, 3.8) is 0 Å². The molecule has 0 amide bonds. The molecule has 0 radical (unpaired) electrons. The third-order valence-electron chi connectivity index (χ3n) is 3.83. The van der Waals surface area contributed by atoms with Crippen molar-refractivity contribution in [3.8, 4) is 11.3 Å². The predicted octanol–water partition coefficient (Wildman–Crippen LogP) is 4.21. The molecular formula is C15H16F2N2S. The highest BCUT2D eigenvalue weighted by Gasteiger charge is 2.32. The van der Waals surface area contributed by atoms with Crippen molar-refractivity contribution in [2.75, 3.05) is 0 Å². The molecule has 0 atom stereocenters. The summed E-state index contributed by atoms with van der Waals surface area (Å²) in [6.07, 6.45) is 5.29. The van der Waals surface area contributed by atoms with E-state index in [4.69, 9.17) is 5.73 Å². The zero-order valence-corrected chi connectivity index (χ0v) is 11.9.